The fraction of sp³-hybridized carbons (Fsp3) is 0.438. The Morgan fingerprint density at radius 3 is 2.60 bits per heavy atom. The van der Waals surface area contributed by atoms with Crippen molar-refractivity contribution in [2.45, 2.75) is 39.7 Å². The number of methoxy groups -OCH3 is 1. The molecule has 1 aromatic carbocycles. The Kier molecular flexibility index (Phi) is 4.45. The Morgan fingerprint density at radius 1 is 1.30 bits per heavy atom. The molecule has 0 fully saturated rings. The first-order valence-corrected chi connectivity index (χ1v) is 7.13. The fourth-order valence-corrected chi connectivity index (χ4v) is 2.46. The molecule has 0 aliphatic rings. The third-order valence-electron chi connectivity index (χ3n) is 3.50. The zero-order valence-corrected chi connectivity index (χ0v) is 12.7. The second-order valence-electron chi connectivity index (χ2n) is 4.93. The van der Waals surface area contributed by atoms with Gasteiger partial charge in [-0.1, -0.05) is 19.9 Å². The summed E-state index contributed by atoms with van der Waals surface area (Å²) in [6, 6.07) is 8.02. The van der Waals surface area contributed by atoms with Crippen LogP contribution in [0.5, 0.6) is 5.75 Å². The Labute approximate surface area is 120 Å². The second-order valence-corrected chi connectivity index (χ2v) is 4.93. The van der Waals surface area contributed by atoms with E-state index in [1.165, 1.54) is 5.69 Å². The lowest BCUT2D eigenvalue weighted by molar-refractivity contribution is 0.406. The van der Waals surface area contributed by atoms with Crippen molar-refractivity contribution in [3.8, 4) is 11.4 Å². The van der Waals surface area contributed by atoms with Crippen molar-refractivity contribution in [3.63, 3.8) is 0 Å². The summed E-state index contributed by atoms with van der Waals surface area (Å²) in [7, 11) is 1.67. The van der Waals surface area contributed by atoms with Gasteiger partial charge in [0.1, 0.15) is 5.75 Å². The van der Waals surface area contributed by atoms with E-state index in [1.54, 1.807) is 7.11 Å². The van der Waals surface area contributed by atoms with Crippen molar-refractivity contribution in [2.75, 3.05) is 7.11 Å². The van der Waals surface area contributed by atoms with E-state index >= 15 is 0 Å². The summed E-state index contributed by atoms with van der Waals surface area (Å²) in [4.78, 5) is 0. The van der Waals surface area contributed by atoms with Crippen LogP contribution in [0.4, 0.5) is 0 Å². The van der Waals surface area contributed by atoms with Gasteiger partial charge in [-0.3, -0.25) is 0 Å². The van der Waals surface area contributed by atoms with E-state index < -0.39 is 0 Å². The smallest absolute Gasteiger partial charge is 0.125 e. The highest BCUT2D eigenvalue weighted by Gasteiger charge is 2.17. The number of hydrogen-bond acceptors (Lipinski definition) is 3. The van der Waals surface area contributed by atoms with Crippen LogP contribution in [0.15, 0.2) is 24.3 Å². The van der Waals surface area contributed by atoms with Gasteiger partial charge in [0, 0.05) is 17.3 Å². The Balaban J connectivity index is 2.65. The molecule has 1 aromatic heterocycles. The minimum Gasteiger partial charge on any atom is -0.496 e. The summed E-state index contributed by atoms with van der Waals surface area (Å²) >= 11 is 0. The zero-order valence-electron chi connectivity index (χ0n) is 12.7. The lowest BCUT2D eigenvalue weighted by Crippen LogP contribution is -2.13. The van der Waals surface area contributed by atoms with Gasteiger partial charge in [-0.15, -0.1) is 0 Å². The first kappa shape index (κ1) is 14.6. The number of nitrogens with zero attached hydrogens (tertiary/aromatic N) is 2. The normalized spacial score (nSPS) is 12.4. The maximum absolute atomic E-state index is 6.14. The molecule has 0 spiro atoms. The first-order valence-electron chi connectivity index (χ1n) is 7.13. The third-order valence-corrected chi connectivity index (χ3v) is 3.50. The molecule has 0 radical (unpaired) electrons. The molecule has 0 unspecified atom stereocenters. The standard InChI is InChI=1S/C16H23N3O/c1-5-12-10-13(6-2)19(18-12)14-8-7-9-15(20-4)16(14)11(3)17/h7-11H,5-6,17H2,1-4H3/t11-/m1/s1. The Bertz CT molecular complexity index is 587. The molecule has 20 heavy (non-hydrogen) atoms. The third kappa shape index (κ3) is 2.56. The van der Waals surface area contributed by atoms with E-state index in [9.17, 15) is 0 Å². The van der Waals surface area contributed by atoms with Gasteiger partial charge in [-0.05, 0) is 38.0 Å². The molecule has 2 N–H and O–H groups in total. The van der Waals surface area contributed by atoms with Crippen LogP contribution in [-0.4, -0.2) is 16.9 Å². The van der Waals surface area contributed by atoms with Crippen molar-refractivity contribution >= 4 is 0 Å². The molecule has 4 heteroatoms. The maximum Gasteiger partial charge on any atom is 0.125 e. The van der Waals surface area contributed by atoms with E-state index in [4.69, 9.17) is 15.6 Å². The molecule has 2 aromatic rings. The lowest BCUT2D eigenvalue weighted by atomic mass is 10.1. The fourth-order valence-electron chi connectivity index (χ4n) is 2.46. The van der Waals surface area contributed by atoms with Gasteiger partial charge in [0.05, 0.1) is 18.5 Å². The summed E-state index contributed by atoms with van der Waals surface area (Å²) < 4.78 is 7.45. The van der Waals surface area contributed by atoms with Crippen LogP contribution >= 0.6 is 0 Å². The van der Waals surface area contributed by atoms with Crippen molar-refractivity contribution in [2.24, 2.45) is 5.73 Å². The van der Waals surface area contributed by atoms with Gasteiger partial charge >= 0.3 is 0 Å². The van der Waals surface area contributed by atoms with Crippen LogP contribution < -0.4 is 10.5 Å². The number of aryl methyl sites for hydroxylation is 2. The van der Waals surface area contributed by atoms with E-state index in [1.807, 2.05) is 29.8 Å². The van der Waals surface area contributed by atoms with E-state index in [2.05, 4.69) is 19.9 Å². The predicted molar refractivity (Wildman–Crippen MR) is 81.5 cm³/mol. The average molecular weight is 273 g/mol. The van der Waals surface area contributed by atoms with Crippen molar-refractivity contribution in [1.29, 1.82) is 0 Å². The Morgan fingerprint density at radius 2 is 2.05 bits per heavy atom. The number of hydrogen-bond donors (Lipinski definition) is 1. The monoisotopic (exact) mass is 273 g/mol. The summed E-state index contributed by atoms with van der Waals surface area (Å²) in [5.74, 6) is 0.813. The molecule has 1 heterocycles. The number of nitrogens with two attached hydrogens (primary N) is 1. The van der Waals surface area contributed by atoms with Crippen LogP contribution in [0.3, 0.4) is 0 Å². The lowest BCUT2D eigenvalue weighted by Gasteiger charge is -2.18. The van der Waals surface area contributed by atoms with Crippen LogP contribution in [0.2, 0.25) is 0 Å². The highest BCUT2D eigenvalue weighted by molar-refractivity contribution is 5.52. The molecule has 0 aliphatic carbocycles. The van der Waals surface area contributed by atoms with E-state index in [-0.39, 0.29) is 6.04 Å². The molecule has 0 bridgehead atoms. The van der Waals surface area contributed by atoms with Crippen molar-refractivity contribution in [3.05, 3.63) is 41.2 Å². The number of ether oxygens (including phenoxy) is 1. The van der Waals surface area contributed by atoms with Gasteiger partial charge in [0.25, 0.3) is 0 Å². The van der Waals surface area contributed by atoms with Gasteiger partial charge in [0.2, 0.25) is 0 Å². The highest BCUT2D eigenvalue weighted by Crippen LogP contribution is 2.30. The molecule has 2 rings (SSSR count). The summed E-state index contributed by atoms with van der Waals surface area (Å²) in [5, 5.41) is 4.69. The minimum atomic E-state index is -0.111. The molecule has 0 aliphatic heterocycles. The van der Waals surface area contributed by atoms with Gasteiger partial charge in [-0.2, -0.15) is 5.10 Å². The average Bonchev–Trinajstić information content (AvgIpc) is 2.89. The second kappa shape index (κ2) is 6.09. The van der Waals surface area contributed by atoms with E-state index in [0.29, 0.717) is 0 Å². The molecule has 0 saturated heterocycles. The van der Waals surface area contributed by atoms with Gasteiger partial charge in [-0.25, -0.2) is 4.68 Å². The predicted octanol–water partition coefficient (Wildman–Crippen LogP) is 3.03. The molecular weight excluding hydrogens is 250 g/mol. The van der Waals surface area contributed by atoms with Crippen LogP contribution in [0.1, 0.15) is 43.8 Å². The maximum atomic E-state index is 6.14. The molecule has 4 nitrogen and oxygen atoms in total. The first-order chi connectivity index (χ1) is 9.62. The van der Waals surface area contributed by atoms with Crippen LogP contribution in [0.25, 0.3) is 5.69 Å². The SMILES string of the molecule is CCc1cc(CC)n(-c2cccc(OC)c2[C@@H](C)N)n1. The minimum absolute atomic E-state index is 0.111. The largest absolute Gasteiger partial charge is 0.496 e. The molecular formula is C16H23N3O. The Hall–Kier alpha value is -1.81. The van der Waals surface area contributed by atoms with Gasteiger partial charge in [0.15, 0.2) is 0 Å². The number of benzene rings is 1. The van der Waals surface area contributed by atoms with Crippen LogP contribution in [0, 0.1) is 0 Å². The number of aromatic nitrogens is 2. The summed E-state index contributed by atoms with van der Waals surface area (Å²) in [5.41, 5.74) is 10.4. The molecule has 108 valence electrons. The summed E-state index contributed by atoms with van der Waals surface area (Å²) in [6.07, 6.45) is 1.86. The van der Waals surface area contributed by atoms with Crippen molar-refractivity contribution < 1.29 is 4.74 Å². The quantitative estimate of drug-likeness (QED) is 0.911. The topological polar surface area (TPSA) is 53.1 Å². The van der Waals surface area contributed by atoms with Gasteiger partial charge < -0.3 is 10.5 Å². The molecule has 0 saturated carbocycles. The van der Waals surface area contributed by atoms with E-state index in [0.717, 1.165) is 35.5 Å². The molecule has 1 atom stereocenters. The molecule has 0 amide bonds. The number of rotatable bonds is 5. The summed E-state index contributed by atoms with van der Waals surface area (Å²) in [6.45, 7) is 6.22. The highest BCUT2D eigenvalue weighted by atomic mass is 16.5. The van der Waals surface area contributed by atoms with Crippen molar-refractivity contribution in [1.82, 2.24) is 9.78 Å². The zero-order chi connectivity index (χ0) is 14.7. The van der Waals surface area contributed by atoms with Crippen LogP contribution in [-0.2, 0) is 12.8 Å².